The Morgan fingerprint density at radius 1 is 1.00 bits per heavy atom. The Morgan fingerprint density at radius 2 is 1.60 bits per heavy atom. The molecule has 0 saturated carbocycles. The Labute approximate surface area is 127 Å². The Bertz CT molecular complexity index is 559. The van der Waals surface area contributed by atoms with E-state index in [9.17, 15) is 0 Å². The van der Waals surface area contributed by atoms with Crippen molar-refractivity contribution >= 4 is 21.9 Å². The van der Waals surface area contributed by atoms with Crippen molar-refractivity contribution in [3.63, 3.8) is 0 Å². The Hall–Kier alpha value is -1.46. The number of rotatable bonds is 2. The molecular formula is C15H17BrN4. The molecule has 1 aromatic carbocycles. The third-order valence-electron chi connectivity index (χ3n) is 3.64. The molecule has 0 radical (unpaired) electrons. The summed E-state index contributed by atoms with van der Waals surface area (Å²) in [5.74, 6) is 0.803. The molecule has 0 unspecified atom stereocenters. The molecule has 20 heavy (non-hydrogen) atoms. The maximum atomic E-state index is 5.92. The van der Waals surface area contributed by atoms with E-state index in [-0.39, 0.29) is 0 Å². The van der Waals surface area contributed by atoms with E-state index in [1.54, 1.807) is 0 Å². The number of benzene rings is 1. The van der Waals surface area contributed by atoms with E-state index in [2.05, 4.69) is 42.9 Å². The van der Waals surface area contributed by atoms with Crippen LogP contribution in [0.2, 0.25) is 0 Å². The van der Waals surface area contributed by atoms with Crippen molar-refractivity contribution in [3.8, 4) is 11.1 Å². The molecule has 1 aliphatic heterocycles. The molecule has 1 aromatic heterocycles. The van der Waals surface area contributed by atoms with E-state index in [1.807, 2.05) is 24.5 Å². The van der Waals surface area contributed by atoms with Crippen LogP contribution in [0.5, 0.6) is 0 Å². The molecule has 1 fully saturated rings. The number of hydrogen-bond donors (Lipinski definition) is 1. The molecule has 4 nitrogen and oxygen atoms in total. The molecule has 0 bridgehead atoms. The van der Waals surface area contributed by atoms with Crippen LogP contribution in [0.25, 0.3) is 11.1 Å². The minimum Gasteiger partial charge on any atom is -0.341 e. The lowest BCUT2D eigenvalue weighted by Crippen LogP contribution is -2.40. The Kier molecular flexibility index (Phi) is 3.98. The Morgan fingerprint density at radius 3 is 2.20 bits per heavy atom. The van der Waals surface area contributed by atoms with Crippen LogP contribution < -0.4 is 10.6 Å². The van der Waals surface area contributed by atoms with Gasteiger partial charge in [0.2, 0.25) is 5.95 Å². The zero-order chi connectivity index (χ0) is 13.9. The first-order valence-corrected chi connectivity index (χ1v) is 7.60. The fraction of sp³-hybridized carbons (Fsp3) is 0.333. The highest BCUT2D eigenvalue weighted by molar-refractivity contribution is 9.10. The average Bonchev–Trinajstić information content (AvgIpc) is 2.49. The third kappa shape index (κ3) is 2.99. The summed E-state index contributed by atoms with van der Waals surface area (Å²) in [6.07, 6.45) is 5.80. The molecule has 3 rings (SSSR count). The lowest BCUT2D eigenvalue weighted by Gasteiger charge is -2.30. The summed E-state index contributed by atoms with van der Waals surface area (Å²) in [6.45, 7) is 1.89. The van der Waals surface area contributed by atoms with Crippen LogP contribution in [-0.4, -0.2) is 29.1 Å². The molecule has 0 spiro atoms. The van der Waals surface area contributed by atoms with Crippen LogP contribution in [-0.2, 0) is 0 Å². The standard InChI is InChI=1S/C15H17BrN4/c16-13-3-1-11(2-4-13)12-9-18-15(19-10-12)20-7-5-14(17)6-8-20/h1-4,9-10,14H,5-8,17H2. The molecule has 2 heterocycles. The smallest absolute Gasteiger partial charge is 0.225 e. The first-order chi connectivity index (χ1) is 9.72. The zero-order valence-corrected chi connectivity index (χ0v) is 12.8. The van der Waals surface area contributed by atoms with Gasteiger partial charge < -0.3 is 10.6 Å². The quantitative estimate of drug-likeness (QED) is 0.918. The predicted molar refractivity (Wildman–Crippen MR) is 84.6 cm³/mol. The zero-order valence-electron chi connectivity index (χ0n) is 11.2. The highest BCUT2D eigenvalue weighted by Crippen LogP contribution is 2.22. The summed E-state index contributed by atoms with van der Waals surface area (Å²) < 4.78 is 1.07. The van der Waals surface area contributed by atoms with E-state index < -0.39 is 0 Å². The number of hydrogen-bond acceptors (Lipinski definition) is 4. The third-order valence-corrected chi connectivity index (χ3v) is 4.17. The van der Waals surface area contributed by atoms with Crippen LogP contribution in [0, 0.1) is 0 Å². The molecule has 5 heteroatoms. The summed E-state index contributed by atoms with van der Waals surface area (Å²) in [4.78, 5) is 11.2. The number of nitrogens with zero attached hydrogens (tertiary/aromatic N) is 3. The van der Waals surface area contributed by atoms with E-state index in [4.69, 9.17) is 5.73 Å². The van der Waals surface area contributed by atoms with Gasteiger partial charge in [0.15, 0.2) is 0 Å². The van der Waals surface area contributed by atoms with Gasteiger partial charge >= 0.3 is 0 Å². The minimum absolute atomic E-state index is 0.327. The van der Waals surface area contributed by atoms with Gasteiger partial charge in [0, 0.05) is 41.6 Å². The number of anilines is 1. The van der Waals surface area contributed by atoms with Gasteiger partial charge in [0.05, 0.1) is 0 Å². The largest absolute Gasteiger partial charge is 0.341 e. The van der Waals surface area contributed by atoms with E-state index in [0.717, 1.165) is 47.5 Å². The normalized spacial score (nSPS) is 16.4. The first kappa shape index (κ1) is 13.5. The summed E-state index contributed by atoms with van der Waals surface area (Å²) in [7, 11) is 0. The van der Waals surface area contributed by atoms with Gasteiger partial charge in [-0.25, -0.2) is 9.97 Å². The maximum absolute atomic E-state index is 5.92. The van der Waals surface area contributed by atoms with Crippen LogP contribution in [0.4, 0.5) is 5.95 Å². The number of aromatic nitrogens is 2. The van der Waals surface area contributed by atoms with E-state index in [0.29, 0.717) is 6.04 Å². The maximum Gasteiger partial charge on any atom is 0.225 e. The van der Waals surface area contributed by atoms with Gasteiger partial charge in [-0.15, -0.1) is 0 Å². The lowest BCUT2D eigenvalue weighted by atomic mass is 10.1. The molecule has 2 aromatic rings. The fourth-order valence-electron chi connectivity index (χ4n) is 2.38. The highest BCUT2D eigenvalue weighted by atomic mass is 79.9. The van der Waals surface area contributed by atoms with Crippen LogP contribution in [0.15, 0.2) is 41.1 Å². The molecular weight excluding hydrogens is 316 g/mol. The van der Waals surface area contributed by atoms with Crippen molar-refractivity contribution in [1.29, 1.82) is 0 Å². The number of nitrogens with two attached hydrogens (primary N) is 1. The van der Waals surface area contributed by atoms with Gasteiger partial charge in [0.1, 0.15) is 0 Å². The monoisotopic (exact) mass is 332 g/mol. The molecule has 1 saturated heterocycles. The van der Waals surface area contributed by atoms with Crippen molar-refractivity contribution < 1.29 is 0 Å². The van der Waals surface area contributed by atoms with Gasteiger partial charge in [-0.3, -0.25) is 0 Å². The number of halogens is 1. The summed E-state index contributed by atoms with van der Waals surface area (Å²) in [5, 5.41) is 0. The van der Waals surface area contributed by atoms with Gasteiger partial charge in [-0.05, 0) is 30.5 Å². The highest BCUT2D eigenvalue weighted by Gasteiger charge is 2.17. The van der Waals surface area contributed by atoms with Gasteiger partial charge in [-0.2, -0.15) is 0 Å². The molecule has 1 aliphatic rings. The second-order valence-electron chi connectivity index (χ2n) is 5.10. The molecule has 0 atom stereocenters. The van der Waals surface area contributed by atoms with Crippen molar-refractivity contribution in [2.24, 2.45) is 5.73 Å². The van der Waals surface area contributed by atoms with Crippen LogP contribution in [0.1, 0.15) is 12.8 Å². The molecule has 2 N–H and O–H groups in total. The number of piperidine rings is 1. The predicted octanol–water partition coefficient (Wildman–Crippen LogP) is 2.83. The van der Waals surface area contributed by atoms with Crippen molar-refractivity contribution in [3.05, 3.63) is 41.1 Å². The lowest BCUT2D eigenvalue weighted by molar-refractivity contribution is 0.495. The fourth-order valence-corrected chi connectivity index (χ4v) is 2.64. The summed E-state index contributed by atoms with van der Waals surface area (Å²) >= 11 is 3.44. The average molecular weight is 333 g/mol. The van der Waals surface area contributed by atoms with Crippen molar-refractivity contribution in [2.45, 2.75) is 18.9 Å². The van der Waals surface area contributed by atoms with Crippen molar-refractivity contribution in [1.82, 2.24) is 9.97 Å². The summed E-state index contributed by atoms with van der Waals surface area (Å²) in [6, 6.07) is 8.49. The van der Waals surface area contributed by atoms with Crippen LogP contribution >= 0.6 is 15.9 Å². The molecule has 104 valence electrons. The van der Waals surface area contributed by atoms with Gasteiger partial charge in [-0.1, -0.05) is 28.1 Å². The van der Waals surface area contributed by atoms with Gasteiger partial charge in [0.25, 0.3) is 0 Å². The Balaban J connectivity index is 1.76. The SMILES string of the molecule is NC1CCN(c2ncc(-c3ccc(Br)cc3)cn2)CC1. The second kappa shape index (κ2) is 5.89. The topological polar surface area (TPSA) is 55.0 Å². The van der Waals surface area contributed by atoms with Crippen LogP contribution in [0.3, 0.4) is 0 Å². The van der Waals surface area contributed by atoms with E-state index >= 15 is 0 Å². The summed E-state index contributed by atoms with van der Waals surface area (Å²) in [5.41, 5.74) is 8.08. The minimum atomic E-state index is 0.327. The molecule has 0 amide bonds. The van der Waals surface area contributed by atoms with E-state index in [1.165, 1.54) is 0 Å². The van der Waals surface area contributed by atoms with Crippen molar-refractivity contribution in [2.75, 3.05) is 18.0 Å². The molecule has 0 aliphatic carbocycles. The first-order valence-electron chi connectivity index (χ1n) is 6.81. The second-order valence-corrected chi connectivity index (χ2v) is 6.02.